The van der Waals surface area contributed by atoms with Gasteiger partial charge in [0.1, 0.15) is 0 Å². The number of nitrogens with one attached hydrogen (secondary N) is 1. The number of benzene rings is 1. The molecular formula is C19H34IN3O2S. The maximum Gasteiger partial charge on any atom is 0.188 e. The molecule has 150 valence electrons. The second-order valence-corrected chi connectivity index (χ2v) is 8.58. The molecule has 7 heteroatoms. The van der Waals surface area contributed by atoms with Gasteiger partial charge in [-0.15, -0.1) is 24.0 Å². The zero-order valence-electron chi connectivity index (χ0n) is 15.8. The highest BCUT2D eigenvalue weighted by molar-refractivity contribution is 14.0. The Balaban J connectivity index is 0.00000625. The minimum Gasteiger partial charge on any atom is -0.370 e. The fourth-order valence-electron chi connectivity index (χ4n) is 2.56. The maximum atomic E-state index is 12.1. The normalized spacial score (nSPS) is 11.8. The molecule has 0 fully saturated rings. The molecule has 1 aromatic rings. The number of aliphatic imine (C=N–C) groups is 1. The molecule has 0 aliphatic carbocycles. The number of sulfone groups is 1. The molecule has 0 unspecified atom stereocenters. The topological polar surface area (TPSA) is 84.5 Å². The van der Waals surface area contributed by atoms with Crippen LogP contribution in [0.5, 0.6) is 0 Å². The van der Waals surface area contributed by atoms with Gasteiger partial charge in [-0.3, -0.25) is 4.99 Å². The first kappa shape index (κ1) is 25.2. The Morgan fingerprint density at radius 3 is 2.38 bits per heavy atom. The van der Waals surface area contributed by atoms with Crippen LogP contribution in [0, 0.1) is 0 Å². The van der Waals surface area contributed by atoms with Gasteiger partial charge in [-0.1, -0.05) is 69.4 Å². The first-order chi connectivity index (χ1) is 12.0. The van der Waals surface area contributed by atoms with Gasteiger partial charge in [0, 0.05) is 13.1 Å². The van der Waals surface area contributed by atoms with Crippen LogP contribution in [0.1, 0.15) is 57.4 Å². The predicted molar refractivity (Wildman–Crippen MR) is 122 cm³/mol. The van der Waals surface area contributed by atoms with Gasteiger partial charge in [-0.25, -0.2) is 8.42 Å². The highest BCUT2D eigenvalue weighted by Crippen LogP contribution is 2.07. The highest BCUT2D eigenvalue weighted by atomic mass is 127. The van der Waals surface area contributed by atoms with Gasteiger partial charge in [0.2, 0.25) is 0 Å². The lowest BCUT2D eigenvalue weighted by Crippen LogP contribution is -2.32. The second kappa shape index (κ2) is 15.2. The third-order valence-corrected chi connectivity index (χ3v) is 5.65. The summed E-state index contributed by atoms with van der Waals surface area (Å²) >= 11 is 0. The summed E-state index contributed by atoms with van der Waals surface area (Å²) in [4.78, 5) is 4.20. The van der Waals surface area contributed by atoms with Crippen molar-refractivity contribution in [3.63, 3.8) is 0 Å². The third kappa shape index (κ3) is 13.4. The fraction of sp³-hybridized carbons (Fsp3) is 0.632. The zero-order valence-corrected chi connectivity index (χ0v) is 19.0. The largest absolute Gasteiger partial charge is 0.370 e. The molecule has 0 saturated carbocycles. The SMILES string of the molecule is CCCCCCCCNC(N)=NCCCS(=O)(=O)Cc1ccccc1.I. The fourth-order valence-corrected chi connectivity index (χ4v) is 3.98. The molecule has 0 amide bonds. The van der Waals surface area contributed by atoms with Crippen molar-refractivity contribution in [3.05, 3.63) is 35.9 Å². The summed E-state index contributed by atoms with van der Waals surface area (Å²) in [5.41, 5.74) is 6.62. The second-order valence-electron chi connectivity index (χ2n) is 6.39. The van der Waals surface area contributed by atoms with E-state index < -0.39 is 9.84 Å². The van der Waals surface area contributed by atoms with Gasteiger partial charge in [-0.05, 0) is 18.4 Å². The standard InChI is InChI=1S/C19H33N3O2S.HI/c1-2-3-4-5-6-10-14-21-19(20)22-15-11-16-25(23,24)17-18-12-8-7-9-13-18;/h7-9,12-13H,2-6,10-11,14-17H2,1H3,(H3,20,21,22);1H. The molecular weight excluding hydrogens is 461 g/mol. The molecule has 5 nitrogen and oxygen atoms in total. The molecule has 1 aromatic carbocycles. The molecule has 0 bridgehead atoms. The van der Waals surface area contributed by atoms with E-state index in [-0.39, 0.29) is 35.5 Å². The molecule has 0 aliphatic heterocycles. The van der Waals surface area contributed by atoms with Crippen molar-refractivity contribution in [2.24, 2.45) is 10.7 Å². The molecule has 0 aliphatic rings. The van der Waals surface area contributed by atoms with Crippen molar-refractivity contribution in [1.29, 1.82) is 0 Å². The molecule has 0 radical (unpaired) electrons. The smallest absolute Gasteiger partial charge is 0.188 e. The Hall–Kier alpha value is -0.830. The number of guanidine groups is 1. The van der Waals surface area contributed by atoms with Crippen LogP contribution in [-0.2, 0) is 15.6 Å². The van der Waals surface area contributed by atoms with E-state index in [0.717, 1.165) is 18.5 Å². The molecule has 3 N–H and O–H groups in total. The van der Waals surface area contributed by atoms with E-state index in [0.29, 0.717) is 18.9 Å². The van der Waals surface area contributed by atoms with Gasteiger partial charge in [0.25, 0.3) is 0 Å². The van der Waals surface area contributed by atoms with Crippen molar-refractivity contribution in [1.82, 2.24) is 5.32 Å². The lowest BCUT2D eigenvalue weighted by molar-refractivity contribution is 0.592. The minimum absolute atomic E-state index is 0. The highest BCUT2D eigenvalue weighted by Gasteiger charge is 2.11. The summed E-state index contributed by atoms with van der Waals surface area (Å²) in [5, 5.41) is 3.09. The van der Waals surface area contributed by atoms with Crippen LogP contribution in [0.2, 0.25) is 0 Å². The summed E-state index contributed by atoms with van der Waals surface area (Å²) in [5.74, 6) is 0.633. The van der Waals surface area contributed by atoms with Crippen LogP contribution in [0.15, 0.2) is 35.3 Å². The van der Waals surface area contributed by atoms with Crippen LogP contribution >= 0.6 is 24.0 Å². The van der Waals surface area contributed by atoms with E-state index in [1.165, 1.54) is 32.1 Å². The number of hydrogen-bond donors (Lipinski definition) is 2. The molecule has 26 heavy (non-hydrogen) atoms. The predicted octanol–water partition coefficient (Wildman–Crippen LogP) is 3.87. The number of nitrogens with zero attached hydrogens (tertiary/aromatic N) is 1. The first-order valence-electron chi connectivity index (χ1n) is 9.31. The van der Waals surface area contributed by atoms with Crippen molar-refractivity contribution >= 4 is 39.8 Å². The Labute approximate surface area is 176 Å². The van der Waals surface area contributed by atoms with Crippen LogP contribution in [0.3, 0.4) is 0 Å². The van der Waals surface area contributed by atoms with Crippen LogP contribution < -0.4 is 11.1 Å². The van der Waals surface area contributed by atoms with Crippen molar-refractivity contribution in [3.8, 4) is 0 Å². The molecule has 0 aromatic heterocycles. The number of halogens is 1. The maximum absolute atomic E-state index is 12.1. The lowest BCUT2D eigenvalue weighted by atomic mass is 10.1. The summed E-state index contributed by atoms with van der Waals surface area (Å²) < 4.78 is 24.1. The van der Waals surface area contributed by atoms with E-state index in [9.17, 15) is 8.42 Å². The van der Waals surface area contributed by atoms with Crippen LogP contribution in [-0.4, -0.2) is 33.2 Å². The van der Waals surface area contributed by atoms with Crippen molar-refractivity contribution < 1.29 is 8.42 Å². The lowest BCUT2D eigenvalue weighted by Gasteiger charge is -2.06. The van der Waals surface area contributed by atoms with Gasteiger partial charge >= 0.3 is 0 Å². The number of hydrogen-bond acceptors (Lipinski definition) is 3. The molecule has 0 saturated heterocycles. The summed E-state index contributed by atoms with van der Waals surface area (Å²) in [6.45, 7) is 3.47. The zero-order chi connectivity index (χ0) is 18.4. The van der Waals surface area contributed by atoms with E-state index >= 15 is 0 Å². The summed E-state index contributed by atoms with van der Waals surface area (Å²) in [6, 6.07) is 9.25. The number of unbranched alkanes of at least 4 members (excludes halogenated alkanes) is 5. The van der Waals surface area contributed by atoms with E-state index in [1.807, 2.05) is 30.3 Å². The third-order valence-electron chi connectivity index (χ3n) is 3.96. The van der Waals surface area contributed by atoms with Crippen LogP contribution in [0.25, 0.3) is 0 Å². The van der Waals surface area contributed by atoms with Crippen molar-refractivity contribution in [2.45, 2.75) is 57.6 Å². The van der Waals surface area contributed by atoms with Gasteiger partial charge in [-0.2, -0.15) is 0 Å². The molecule has 1 rings (SSSR count). The van der Waals surface area contributed by atoms with Gasteiger partial charge in [0.15, 0.2) is 15.8 Å². The average molecular weight is 495 g/mol. The number of nitrogens with two attached hydrogens (primary N) is 1. The summed E-state index contributed by atoms with van der Waals surface area (Å²) in [6.07, 6.45) is 7.93. The quantitative estimate of drug-likeness (QED) is 0.188. The Morgan fingerprint density at radius 1 is 1.04 bits per heavy atom. The van der Waals surface area contributed by atoms with Gasteiger partial charge in [0.05, 0.1) is 11.5 Å². The summed E-state index contributed by atoms with van der Waals surface area (Å²) in [7, 11) is -3.10. The Morgan fingerprint density at radius 2 is 1.69 bits per heavy atom. The van der Waals surface area contributed by atoms with E-state index in [2.05, 4.69) is 17.2 Å². The van der Waals surface area contributed by atoms with Gasteiger partial charge < -0.3 is 11.1 Å². The van der Waals surface area contributed by atoms with Crippen molar-refractivity contribution in [2.75, 3.05) is 18.8 Å². The minimum atomic E-state index is -3.10. The monoisotopic (exact) mass is 495 g/mol. The van der Waals surface area contributed by atoms with Crippen LogP contribution in [0.4, 0.5) is 0 Å². The number of rotatable bonds is 13. The van der Waals surface area contributed by atoms with E-state index in [1.54, 1.807) is 0 Å². The average Bonchev–Trinajstić information content (AvgIpc) is 2.58. The Kier molecular flexibility index (Phi) is 14.8. The molecule has 0 spiro atoms. The molecule has 0 heterocycles. The van der Waals surface area contributed by atoms with E-state index in [4.69, 9.17) is 5.73 Å². The molecule has 0 atom stereocenters. The first-order valence-corrected chi connectivity index (χ1v) is 11.1. The Bertz CT molecular complexity index is 592.